The fourth-order valence-corrected chi connectivity index (χ4v) is 3.04. The maximum atomic E-state index is 11.5. The van der Waals surface area contributed by atoms with Crippen LogP contribution >= 0.6 is 0 Å². The van der Waals surface area contributed by atoms with Gasteiger partial charge in [0.25, 0.3) is 0 Å². The first kappa shape index (κ1) is 15.2. The zero-order chi connectivity index (χ0) is 16.4. The zero-order valence-electron chi connectivity index (χ0n) is 13.1. The predicted molar refractivity (Wildman–Crippen MR) is 88.1 cm³/mol. The Balaban J connectivity index is 1.99. The highest BCUT2D eigenvalue weighted by atomic mass is 16.5. The van der Waals surface area contributed by atoms with Gasteiger partial charge in [-0.3, -0.25) is 0 Å². The van der Waals surface area contributed by atoms with Gasteiger partial charge in [-0.25, -0.2) is 0 Å². The number of benzene rings is 2. The molecule has 4 heteroatoms. The number of carbonyl (C=O) groups is 1. The van der Waals surface area contributed by atoms with Crippen LogP contribution in [0.3, 0.4) is 0 Å². The maximum Gasteiger partial charge on any atom is 0.161 e. The van der Waals surface area contributed by atoms with E-state index in [0.717, 1.165) is 28.5 Å². The molecule has 0 amide bonds. The molecule has 2 aromatic carbocycles. The first-order chi connectivity index (χ1) is 11.2. The second-order valence-electron chi connectivity index (χ2n) is 5.51. The van der Waals surface area contributed by atoms with Gasteiger partial charge in [-0.05, 0) is 47.4 Å². The van der Waals surface area contributed by atoms with Crippen LogP contribution < -0.4 is 9.47 Å². The standard InChI is InChI=1S/C19H18O4/c1-22-18-6-3-12(8-19(18)23-2)7-13-9-14-10-15(21)4-5-16(14)17(13)11-20/h3-8,10-11,17,21H,9H2,1-2H3/b13-7+. The SMILES string of the molecule is COc1ccc(/C=C2\Cc3cc(O)ccc3C2C=O)cc1OC. The smallest absolute Gasteiger partial charge is 0.161 e. The van der Waals surface area contributed by atoms with Crippen LogP contribution in [0, 0.1) is 0 Å². The number of fused-ring (bicyclic) bond motifs is 1. The summed E-state index contributed by atoms with van der Waals surface area (Å²) in [6, 6.07) is 10.8. The number of aromatic hydroxyl groups is 1. The fourth-order valence-electron chi connectivity index (χ4n) is 3.04. The van der Waals surface area contributed by atoms with Crippen LogP contribution in [0.15, 0.2) is 42.0 Å². The first-order valence-corrected chi connectivity index (χ1v) is 7.36. The summed E-state index contributed by atoms with van der Waals surface area (Å²) < 4.78 is 10.6. The molecule has 1 aliphatic carbocycles. The van der Waals surface area contributed by atoms with E-state index in [2.05, 4.69) is 0 Å². The van der Waals surface area contributed by atoms with Crippen molar-refractivity contribution in [1.29, 1.82) is 0 Å². The summed E-state index contributed by atoms with van der Waals surface area (Å²) in [5.41, 5.74) is 3.91. The van der Waals surface area contributed by atoms with E-state index < -0.39 is 0 Å². The number of allylic oxidation sites excluding steroid dienone is 1. The number of aldehydes is 1. The van der Waals surface area contributed by atoms with Crippen LogP contribution in [0.2, 0.25) is 0 Å². The quantitative estimate of drug-likeness (QED) is 0.880. The lowest BCUT2D eigenvalue weighted by Crippen LogP contribution is -1.97. The third-order valence-corrected chi connectivity index (χ3v) is 4.15. The number of phenolic OH excluding ortho intramolecular Hbond substituents is 1. The molecular weight excluding hydrogens is 292 g/mol. The van der Waals surface area contributed by atoms with Crippen LogP contribution in [0.5, 0.6) is 17.2 Å². The Kier molecular flexibility index (Phi) is 4.06. The molecule has 1 atom stereocenters. The first-order valence-electron chi connectivity index (χ1n) is 7.36. The van der Waals surface area contributed by atoms with Gasteiger partial charge >= 0.3 is 0 Å². The summed E-state index contributed by atoms with van der Waals surface area (Å²) in [6.45, 7) is 0. The van der Waals surface area contributed by atoms with Crippen molar-refractivity contribution >= 4 is 12.4 Å². The Labute approximate surface area is 135 Å². The minimum absolute atomic E-state index is 0.223. The largest absolute Gasteiger partial charge is 0.508 e. The normalized spacial score (nSPS) is 17.8. The summed E-state index contributed by atoms with van der Waals surface area (Å²) in [4.78, 5) is 11.5. The summed E-state index contributed by atoms with van der Waals surface area (Å²) in [6.07, 6.45) is 3.61. The van der Waals surface area contributed by atoms with Gasteiger partial charge in [0.05, 0.1) is 20.1 Å². The van der Waals surface area contributed by atoms with Crippen LogP contribution in [-0.4, -0.2) is 25.6 Å². The highest BCUT2D eigenvalue weighted by Gasteiger charge is 2.27. The topological polar surface area (TPSA) is 55.8 Å². The number of phenols is 1. The highest BCUT2D eigenvalue weighted by Crippen LogP contribution is 2.39. The maximum absolute atomic E-state index is 11.5. The van der Waals surface area contributed by atoms with Gasteiger partial charge in [0, 0.05) is 0 Å². The molecular formula is C19H18O4. The zero-order valence-corrected chi connectivity index (χ0v) is 13.1. The highest BCUT2D eigenvalue weighted by molar-refractivity contribution is 5.77. The summed E-state index contributed by atoms with van der Waals surface area (Å²) in [7, 11) is 3.19. The van der Waals surface area contributed by atoms with E-state index in [1.807, 2.05) is 30.3 Å². The molecule has 1 unspecified atom stereocenters. The van der Waals surface area contributed by atoms with Gasteiger partial charge in [-0.1, -0.05) is 23.8 Å². The van der Waals surface area contributed by atoms with Gasteiger partial charge in [-0.15, -0.1) is 0 Å². The Morgan fingerprint density at radius 1 is 1.09 bits per heavy atom. The van der Waals surface area contributed by atoms with Crippen molar-refractivity contribution in [3.63, 3.8) is 0 Å². The van der Waals surface area contributed by atoms with Crippen molar-refractivity contribution in [2.75, 3.05) is 14.2 Å². The Morgan fingerprint density at radius 2 is 1.87 bits per heavy atom. The lowest BCUT2D eigenvalue weighted by atomic mass is 9.97. The Hall–Kier alpha value is -2.75. The van der Waals surface area contributed by atoms with Crippen molar-refractivity contribution in [1.82, 2.24) is 0 Å². The number of hydrogen-bond acceptors (Lipinski definition) is 4. The fraction of sp³-hybridized carbons (Fsp3) is 0.211. The average Bonchev–Trinajstić information content (AvgIpc) is 2.90. The lowest BCUT2D eigenvalue weighted by molar-refractivity contribution is -0.108. The predicted octanol–water partition coefficient (Wildman–Crippen LogP) is 3.33. The van der Waals surface area contributed by atoms with Crippen molar-refractivity contribution in [2.45, 2.75) is 12.3 Å². The van der Waals surface area contributed by atoms with Gasteiger partial charge in [-0.2, -0.15) is 0 Å². The molecule has 1 N–H and O–H groups in total. The number of hydrogen-bond donors (Lipinski definition) is 1. The number of methoxy groups -OCH3 is 2. The molecule has 0 aromatic heterocycles. The van der Waals surface area contributed by atoms with E-state index in [9.17, 15) is 9.90 Å². The lowest BCUT2D eigenvalue weighted by Gasteiger charge is -2.09. The van der Waals surface area contributed by atoms with Gasteiger partial charge in [0.1, 0.15) is 12.0 Å². The molecule has 0 heterocycles. The molecule has 0 saturated heterocycles. The molecule has 0 radical (unpaired) electrons. The van der Waals surface area contributed by atoms with E-state index in [1.54, 1.807) is 26.4 Å². The van der Waals surface area contributed by atoms with Gasteiger partial charge < -0.3 is 19.4 Å². The molecule has 0 aliphatic heterocycles. The minimum atomic E-state index is -0.265. The molecule has 2 aromatic rings. The van der Waals surface area contributed by atoms with Crippen LogP contribution in [0.25, 0.3) is 6.08 Å². The van der Waals surface area contributed by atoms with Gasteiger partial charge in [0.15, 0.2) is 11.5 Å². The molecule has 3 rings (SSSR count). The van der Waals surface area contributed by atoms with Gasteiger partial charge in [0.2, 0.25) is 0 Å². The monoisotopic (exact) mass is 310 g/mol. The number of rotatable bonds is 4. The van der Waals surface area contributed by atoms with Crippen molar-refractivity contribution < 1.29 is 19.4 Å². The molecule has 0 fully saturated rings. The van der Waals surface area contributed by atoms with Crippen LogP contribution in [0.4, 0.5) is 0 Å². The molecule has 23 heavy (non-hydrogen) atoms. The van der Waals surface area contributed by atoms with E-state index >= 15 is 0 Å². The summed E-state index contributed by atoms with van der Waals surface area (Å²) in [5, 5.41) is 9.62. The third kappa shape index (κ3) is 2.80. The number of carbonyl (C=O) groups excluding carboxylic acids is 1. The molecule has 0 bridgehead atoms. The van der Waals surface area contributed by atoms with Crippen molar-refractivity contribution in [2.24, 2.45) is 0 Å². The summed E-state index contributed by atoms with van der Waals surface area (Å²) in [5.74, 6) is 1.28. The molecule has 1 aliphatic rings. The van der Waals surface area contributed by atoms with E-state index in [0.29, 0.717) is 17.9 Å². The van der Waals surface area contributed by atoms with Crippen LogP contribution in [-0.2, 0) is 11.2 Å². The molecule has 118 valence electrons. The molecule has 0 saturated carbocycles. The average molecular weight is 310 g/mol. The van der Waals surface area contributed by atoms with E-state index in [1.165, 1.54) is 0 Å². The molecule has 0 spiro atoms. The third-order valence-electron chi connectivity index (χ3n) is 4.15. The molecule has 4 nitrogen and oxygen atoms in total. The second kappa shape index (κ2) is 6.16. The number of ether oxygens (including phenoxy) is 2. The van der Waals surface area contributed by atoms with Crippen molar-refractivity contribution in [3.8, 4) is 17.2 Å². The Morgan fingerprint density at radius 3 is 2.57 bits per heavy atom. The minimum Gasteiger partial charge on any atom is -0.508 e. The summed E-state index contributed by atoms with van der Waals surface area (Å²) >= 11 is 0. The van der Waals surface area contributed by atoms with E-state index in [-0.39, 0.29) is 11.7 Å². The van der Waals surface area contributed by atoms with Crippen LogP contribution in [0.1, 0.15) is 22.6 Å². The Bertz CT molecular complexity index is 777. The second-order valence-corrected chi connectivity index (χ2v) is 5.51. The van der Waals surface area contributed by atoms with E-state index in [4.69, 9.17) is 9.47 Å². The van der Waals surface area contributed by atoms with Crippen molar-refractivity contribution in [3.05, 3.63) is 58.7 Å².